The molecule has 1 aliphatic rings. The first-order valence-electron chi connectivity index (χ1n) is 9.82. The third kappa shape index (κ3) is 4.02. The lowest BCUT2D eigenvalue weighted by molar-refractivity contribution is -0.113. The molecule has 0 saturated carbocycles. The van der Waals surface area contributed by atoms with Crippen molar-refractivity contribution in [2.45, 2.75) is 37.8 Å². The molecule has 152 valence electrons. The molecular formula is C22H22N6OS. The Kier molecular flexibility index (Phi) is 5.72. The molecule has 1 aliphatic carbocycles. The van der Waals surface area contributed by atoms with E-state index < -0.39 is 0 Å². The zero-order valence-electron chi connectivity index (χ0n) is 16.7. The van der Waals surface area contributed by atoms with Crippen molar-refractivity contribution in [3.63, 3.8) is 0 Å². The van der Waals surface area contributed by atoms with Crippen LogP contribution in [-0.2, 0) is 17.6 Å². The van der Waals surface area contributed by atoms with E-state index in [0.29, 0.717) is 22.4 Å². The standard InChI is InChI=1S/C22H22N6OS/c1-14-11-19(24)26-22(25-14)30-13-20(29)27-21-17(12-23)16-9-5-6-10-18(16)28(21)15-7-3-2-4-8-15/h2-4,7-8,11H,5-6,9-10,13H2,1H3,(H,27,29)(H2,24,25,26). The fraction of sp³-hybridized carbons (Fsp3) is 0.273. The number of carbonyl (C=O) groups is 1. The van der Waals surface area contributed by atoms with Gasteiger partial charge in [-0.3, -0.25) is 9.36 Å². The molecule has 0 bridgehead atoms. The number of nitrogens with two attached hydrogens (primary N) is 1. The Morgan fingerprint density at radius 1 is 1.27 bits per heavy atom. The molecule has 0 aliphatic heterocycles. The Labute approximate surface area is 179 Å². The van der Waals surface area contributed by atoms with E-state index in [0.717, 1.165) is 48.3 Å². The number of hydrogen-bond donors (Lipinski definition) is 2. The molecule has 3 aromatic rings. The highest BCUT2D eigenvalue weighted by atomic mass is 32.2. The zero-order valence-corrected chi connectivity index (χ0v) is 17.5. The number of anilines is 2. The number of carbonyl (C=O) groups excluding carboxylic acids is 1. The van der Waals surface area contributed by atoms with Crippen molar-refractivity contribution < 1.29 is 4.79 Å². The van der Waals surface area contributed by atoms with E-state index >= 15 is 0 Å². The van der Waals surface area contributed by atoms with E-state index in [-0.39, 0.29) is 11.7 Å². The molecule has 7 nitrogen and oxygen atoms in total. The number of para-hydroxylation sites is 1. The highest BCUT2D eigenvalue weighted by Crippen LogP contribution is 2.35. The largest absolute Gasteiger partial charge is 0.384 e. The number of rotatable bonds is 5. The predicted octanol–water partition coefficient (Wildman–Crippen LogP) is 3.64. The molecule has 4 rings (SSSR count). The Balaban J connectivity index is 1.64. The van der Waals surface area contributed by atoms with Gasteiger partial charge in [-0.1, -0.05) is 30.0 Å². The SMILES string of the molecule is Cc1cc(N)nc(SCC(=O)Nc2c(C#N)c3c(n2-c2ccccc2)CCCC3)n1. The average molecular weight is 419 g/mol. The minimum Gasteiger partial charge on any atom is -0.384 e. The maximum absolute atomic E-state index is 12.8. The van der Waals surface area contributed by atoms with E-state index in [4.69, 9.17) is 5.73 Å². The maximum Gasteiger partial charge on any atom is 0.236 e. The monoisotopic (exact) mass is 418 g/mol. The number of benzene rings is 1. The van der Waals surface area contributed by atoms with Crippen LogP contribution in [0.2, 0.25) is 0 Å². The van der Waals surface area contributed by atoms with Crippen molar-refractivity contribution >= 4 is 29.3 Å². The molecule has 2 heterocycles. The predicted molar refractivity (Wildman–Crippen MR) is 118 cm³/mol. The highest BCUT2D eigenvalue weighted by Gasteiger charge is 2.26. The molecule has 0 radical (unpaired) electrons. The van der Waals surface area contributed by atoms with Crippen LogP contribution < -0.4 is 11.1 Å². The average Bonchev–Trinajstić information content (AvgIpc) is 3.05. The molecule has 0 saturated heterocycles. The van der Waals surface area contributed by atoms with Gasteiger partial charge in [0.25, 0.3) is 0 Å². The summed E-state index contributed by atoms with van der Waals surface area (Å²) in [5, 5.41) is 13.3. The Hall–Kier alpha value is -3.31. The number of aryl methyl sites for hydroxylation is 1. The van der Waals surface area contributed by atoms with Crippen molar-refractivity contribution in [3.8, 4) is 11.8 Å². The molecule has 1 aromatic carbocycles. The topological polar surface area (TPSA) is 110 Å². The second-order valence-electron chi connectivity index (χ2n) is 7.19. The number of thioether (sulfide) groups is 1. The van der Waals surface area contributed by atoms with Crippen LogP contribution in [0.15, 0.2) is 41.6 Å². The minimum atomic E-state index is -0.216. The van der Waals surface area contributed by atoms with Gasteiger partial charge in [0.2, 0.25) is 5.91 Å². The van der Waals surface area contributed by atoms with Crippen LogP contribution in [-0.4, -0.2) is 26.2 Å². The number of nitrogens with zero attached hydrogens (tertiary/aromatic N) is 4. The number of hydrogen-bond acceptors (Lipinski definition) is 6. The molecule has 30 heavy (non-hydrogen) atoms. The molecule has 2 aromatic heterocycles. The van der Waals surface area contributed by atoms with Gasteiger partial charge in [0, 0.05) is 23.1 Å². The Morgan fingerprint density at radius 3 is 2.77 bits per heavy atom. The van der Waals surface area contributed by atoms with Crippen molar-refractivity contribution in [3.05, 3.63) is 58.9 Å². The summed E-state index contributed by atoms with van der Waals surface area (Å²) in [7, 11) is 0. The summed E-state index contributed by atoms with van der Waals surface area (Å²) in [4.78, 5) is 21.2. The number of aromatic nitrogens is 3. The summed E-state index contributed by atoms with van der Waals surface area (Å²) < 4.78 is 2.02. The van der Waals surface area contributed by atoms with Crippen molar-refractivity contribution in [2.75, 3.05) is 16.8 Å². The normalized spacial score (nSPS) is 12.8. The van der Waals surface area contributed by atoms with Crippen molar-refractivity contribution in [1.29, 1.82) is 5.26 Å². The van der Waals surface area contributed by atoms with E-state index in [1.54, 1.807) is 6.07 Å². The zero-order chi connectivity index (χ0) is 21.1. The Bertz CT molecular complexity index is 1110. The van der Waals surface area contributed by atoms with Gasteiger partial charge in [0.1, 0.15) is 17.7 Å². The van der Waals surface area contributed by atoms with Crippen LogP contribution in [0.1, 0.15) is 35.4 Å². The van der Waals surface area contributed by atoms with Gasteiger partial charge in [0.15, 0.2) is 5.16 Å². The van der Waals surface area contributed by atoms with E-state index in [9.17, 15) is 10.1 Å². The first kappa shape index (κ1) is 20.0. The van der Waals surface area contributed by atoms with Crippen LogP contribution in [0, 0.1) is 18.3 Å². The number of nitriles is 1. The maximum atomic E-state index is 12.8. The molecule has 0 atom stereocenters. The third-order valence-corrected chi connectivity index (χ3v) is 5.89. The molecule has 0 spiro atoms. The Morgan fingerprint density at radius 2 is 2.03 bits per heavy atom. The summed E-state index contributed by atoms with van der Waals surface area (Å²) in [5.41, 5.74) is 10.2. The van der Waals surface area contributed by atoms with Gasteiger partial charge in [-0.25, -0.2) is 9.97 Å². The van der Waals surface area contributed by atoms with Crippen LogP contribution in [0.5, 0.6) is 0 Å². The number of amides is 1. The molecule has 0 fully saturated rings. The fourth-order valence-corrected chi connectivity index (χ4v) is 4.53. The summed E-state index contributed by atoms with van der Waals surface area (Å²) >= 11 is 1.22. The summed E-state index contributed by atoms with van der Waals surface area (Å²) in [5.74, 6) is 0.833. The molecular weight excluding hydrogens is 396 g/mol. The second kappa shape index (κ2) is 8.59. The molecule has 1 amide bonds. The lowest BCUT2D eigenvalue weighted by Gasteiger charge is -2.17. The van der Waals surface area contributed by atoms with Crippen molar-refractivity contribution in [2.24, 2.45) is 0 Å². The number of nitrogens with one attached hydrogen (secondary N) is 1. The van der Waals surface area contributed by atoms with Gasteiger partial charge in [-0.05, 0) is 50.3 Å². The van der Waals surface area contributed by atoms with Crippen LogP contribution >= 0.6 is 11.8 Å². The molecule has 3 N–H and O–H groups in total. The summed E-state index contributed by atoms with van der Waals surface area (Å²) in [6.07, 6.45) is 3.87. The quantitative estimate of drug-likeness (QED) is 0.484. The van der Waals surface area contributed by atoms with Gasteiger partial charge in [0.05, 0.1) is 11.3 Å². The van der Waals surface area contributed by atoms with E-state index in [2.05, 4.69) is 21.4 Å². The number of fused-ring (bicyclic) bond motifs is 1. The van der Waals surface area contributed by atoms with Crippen molar-refractivity contribution in [1.82, 2.24) is 14.5 Å². The van der Waals surface area contributed by atoms with E-state index in [1.165, 1.54) is 11.8 Å². The first-order valence-corrected chi connectivity index (χ1v) is 10.8. The minimum absolute atomic E-state index is 0.123. The van der Waals surface area contributed by atoms with Crippen LogP contribution in [0.3, 0.4) is 0 Å². The molecule has 8 heteroatoms. The highest BCUT2D eigenvalue weighted by molar-refractivity contribution is 7.99. The summed E-state index contributed by atoms with van der Waals surface area (Å²) in [6, 6.07) is 13.8. The van der Waals surface area contributed by atoms with Crippen LogP contribution in [0.4, 0.5) is 11.6 Å². The lowest BCUT2D eigenvalue weighted by atomic mass is 9.95. The van der Waals surface area contributed by atoms with Gasteiger partial charge < -0.3 is 11.1 Å². The second-order valence-corrected chi connectivity index (χ2v) is 8.13. The summed E-state index contributed by atoms with van der Waals surface area (Å²) in [6.45, 7) is 1.83. The van der Waals surface area contributed by atoms with E-state index in [1.807, 2.05) is 41.8 Å². The fourth-order valence-electron chi connectivity index (χ4n) is 3.82. The van der Waals surface area contributed by atoms with Gasteiger partial charge >= 0.3 is 0 Å². The van der Waals surface area contributed by atoms with Gasteiger partial charge in [-0.15, -0.1) is 0 Å². The van der Waals surface area contributed by atoms with Crippen LogP contribution in [0.25, 0.3) is 5.69 Å². The molecule has 0 unspecified atom stereocenters. The smallest absolute Gasteiger partial charge is 0.236 e. The first-order chi connectivity index (χ1) is 14.6. The number of nitrogen functional groups attached to an aromatic ring is 1. The third-order valence-electron chi connectivity index (χ3n) is 5.04. The van der Waals surface area contributed by atoms with Gasteiger partial charge in [-0.2, -0.15) is 5.26 Å². The lowest BCUT2D eigenvalue weighted by Crippen LogP contribution is -2.18.